The van der Waals surface area contributed by atoms with Crippen LogP contribution in [0.15, 0.2) is 33.6 Å². The number of carboxylic acids is 1. The van der Waals surface area contributed by atoms with Gasteiger partial charge in [0.05, 0.1) is 4.90 Å². The van der Waals surface area contributed by atoms with Gasteiger partial charge >= 0.3 is 5.97 Å². The van der Waals surface area contributed by atoms with Gasteiger partial charge in [-0.2, -0.15) is 4.31 Å². The van der Waals surface area contributed by atoms with Crippen molar-refractivity contribution in [3.63, 3.8) is 0 Å². The van der Waals surface area contributed by atoms with E-state index in [4.69, 9.17) is 5.11 Å². The number of carbonyl (C=O) groups is 1. The molecule has 0 saturated carbocycles. The third kappa shape index (κ3) is 2.73. The largest absolute Gasteiger partial charge is 0.480 e. The van der Waals surface area contributed by atoms with Crippen molar-refractivity contribution in [2.75, 3.05) is 7.05 Å². The first-order valence-corrected chi connectivity index (χ1v) is 7.31. The van der Waals surface area contributed by atoms with Gasteiger partial charge in [-0.1, -0.05) is 22.0 Å². The smallest absolute Gasteiger partial charge is 0.324 e. The first kappa shape index (κ1) is 15.1. The molecule has 0 aromatic heterocycles. The Morgan fingerprint density at radius 1 is 1.39 bits per heavy atom. The van der Waals surface area contributed by atoms with Gasteiger partial charge in [-0.3, -0.25) is 4.79 Å². The molecule has 1 rings (SSSR count). The molecule has 0 fully saturated rings. The number of benzene rings is 1. The Labute approximate surface area is 115 Å². The van der Waals surface area contributed by atoms with E-state index in [0.717, 1.165) is 4.31 Å². The molecular formula is C11H14BrNO4S. The van der Waals surface area contributed by atoms with Crippen LogP contribution in [0.25, 0.3) is 0 Å². The van der Waals surface area contributed by atoms with Crippen LogP contribution >= 0.6 is 15.9 Å². The zero-order valence-corrected chi connectivity index (χ0v) is 12.6. The highest BCUT2D eigenvalue weighted by Crippen LogP contribution is 2.24. The highest BCUT2D eigenvalue weighted by Gasteiger charge is 2.40. The van der Waals surface area contributed by atoms with E-state index in [2.05, 4.69) is 15.9 Å². The molecule has 5 nitrogen and oxygen atoms in total. The van der Waals surface area contributed by atoms with Crippen molar-refractivity contribution in [2.24, 2.45) is 0 Å². The molecule has 0 unspecified atom stereocenters. The molecule has 7 heteroatoms. The highest BCUT2D eigenvalue weighted by atomic mass is 79.9. The Kier molecular flexibility index (Phi) is 4.19. The summed E-state index contributed by atoms with van der Waals surface area (Å²) < 4.78 is 26.0. The number of halogens is 1. The lowest BCUT2D eigenvalue weighted by Gasteiger charge is -2.30. The summed E-state index contributed by atoms with van der Waals surface area (Å²) in [7, 11) is -2.59. The molecule has 1 aromatic rings. The first-order valence-electron chi connectivity index (χ1n) is 5.08. The molecule has 1 aromatic carbocycles. The SMILES string of the molecule is CN(C(C)(C)C(=O)O)S(=O)(=O)c1cccc(Br)c1. The van der Waals surface area contributed by atoms with Gasteiger partial charge in [-0.25, -0.2) is 8.42 Å². The highest BCUT2D eigenvalue weighted by molar-refractivity contribution is 9.10. The van der Waals surface area contributed by atoms with E-state index in [-0.39, 0.29) is 4.90 Å². The summed E-state index contributed by atoms with van der Waals surface area (Å²) >= 11 is 3.18. The van der Waals surface area contributed by atoms with Crippen molar-refractivity contribution in [3.8, 4) is 0 Å². The molecule has 0 spiro atoms. The Hall–Kier alpha value is -0.920. The van der Waals surface area contributed by atoms with Crippen LogP contribution in [0.4, 0.5) is 0 Å². The van der Waals surface area contributed by atoms with E-state index in [1.807, 2.05) is 0 Å². The number of hydrogen-bond donors (Lipinski definition) is 1. The summed E-state index contributed by atoms with van der Waals surface area (Å²) in [5.41, 5.74) is -1.51. The fourth-order valence-corrected chi connectivity index (χ4v) is 3.29. The van der Waals surface area contributed by atoms with Crippen molar-refractivity contribution in [2.45, 2.75) is 24.3 Å². The average Bonchev–Trinajstić information content (AvgIpc) is 2.27. The Balaban J connectivity index is 3.28. The van der Waals surface area contributed by atoms with Gasteiger partial charge in [-0.15, -0.1) is 0 Å². The van der Waals surface area contributed by atoms with E-state index < -0.39 is 21.5 Å². The second kappa shape index (κ2) is 4.99. The van der Waals surface area contributed by atoms with E-state index >= 15 is 0 Å². The second-order valence-corrected chi connectivity index (χ2v) is 7.18. The fraction of sp³-hybridized carbons (Fsp3) is 0.364. The average molecular weight is 336 g/mol. The van der Waals surface area contributed by atoms with Gasteiger partial charge in [0.2, 0.25) is 10.0 Å². The number of carboxylic acid groups (broad SMARTS) is 1. The minimum absolute atomic E-state index is 0.0497. The number of sulfonamides is 1. The molecule has 0 atom stereocenters. The molecule has 0 amide bonds. The molecule has 0 bridgehead atoms. The summed E-state index contributed by atoms with van der Waals surface area (Å²) in [4.78, 5) is 11.1. The Bertz CT molecular complexity index is 568. The van der Waals surface area contributed by atoms with Crippen LogP contribution in [0, 0.1) is 0 Å². The Morgan fingerprint density at radius 3 is 2.39 bits per heavy atom. The lowest BCUT2D eigenvalue weighted by molar-refractivity contribution is -0.145. The van der Waals surface area contributed by atoms with Crippen LogP contribution in [0.2, 0.25) is 0 Å². The fourth-order valence-electron chi connectivity index (χ4n) is 1.22. The van der Waals surface area contributed by atoms with Crippen LogP contribution in [0.1, 0.15) is 13.8 Å². The Morgan fingerprint density at radius 2 is 1.94 bits per heavy atom. The van der Waals surface area contributed by atoms with Crippen molar-refractivity contribution in [1.29, 1.82) is 0 Å². The van der Waals surface area contributed by atoms with Crippen molar-refractivity contribution < 1.29 is 18.3 Å². The third-order valence-electron chi connectivity index (χ3n) is 2.77. The molecule has 0 aliphatic rings. The van der Waals surface area contributed by atoms with Gasteiger partial charge in [-0.05, 0) is 32.0 Å². The summed E-state index contributed by atoms with van der Waals surface area (Å²) in [6.07, 6.45) is 0. The van der Waals surface area contributed by atoms with Crippen molar-refractivity contribution in [1.82, 2.24) is 4.31 Å². The molecule has 0 saturated heterocycles. The zero-order chi connectivity index (χ0) is 14.1. The number of aliphatic carboxylic acids is 1. The maximum absolute atomic E-state index is 12.3. The predicted octanol–water partition coefficient (Wildman–Crippen LogP) is 1.93. The van der Waals surface area contributed by atoms with Gasteiger partial charge in [0.15, 0.2) is 0 Å². The monoisotopic (exact) mass is 335 g/mol. The maximum atomic E-state index is 12.3. The van der Waals surface area contributed by atoms with Crippen LogP contribution in [0.3, 0.4) is 0 Å². The first-order chi connectivity index (χ1) is 8.10. The minimum Gasteiger partial charge on any atom is -0.480 e. The quantitative estimate of drug-likeness (QED) is 0.912. The van der Waals surface area contributed by atoms with E-state index in [0.29, 0.717) is 4.47 Å². The summed E-state index contributed by atoms with van der Waals surface area (Å²) in [6.45, 7) is 2.68. The number of hydrogen-bond acceptors (Lipinski definition) is 3. The number of nitrogens with zero attached hydrogens (tertiary/aromatic N) is 1. The summed E-state index contributed by atoms with van der Waals surface area (Å²) in [5, 5.41) is 9.06. The molecule has 0 heterocycles. The summed E-state index contributed by atoms with van der Waals surface area (Å²) in [6, 6.07) is 6.14. The normalized spacial score (nSPS) is 12.7. The summed E-state index contributed by atoms with van der Waals surface area (Å²) in [5.74, 6) is -1.21. The van der Waals surface area contributed by atoms with Crippen LogP contribution < -0.4 is 0 Å². The van der Waals surface area contributed by atoms with Gasteiger partial charge in [0.25, 0.3) is 0 Å². The van der Waals surface area contributed by atoms with Gasteiger partial charge in [0.1, 0.15) is 5.54 Å². The van der Waals surface area contributed by atoms with E-state index in [9.17, 15) is 13.2 Å². The lowest BCUT2D eigenvalue weighted by atomic mass is 10.1. The number of rotatable bonds is 4. The standard InChI is InChI=1S/C11H14BrNO4S/c1-11(2,10(14)15)13(3)18(16,17)9-6-4-5-8(12)7-9/h4-7H,1-3H3,(H,14,15). The maximum Gasteiger partial charge on any atom is 0.324 e. The molecule has 1 N–H and O–H groups in total. The van der Waals surface area contributed by atoms with Crippen LogP contribution in [0.5, 0.6) is 0 Å². The molecule has 0 aliphatic carbocycles. The lowest BCUT2D eigenvalue weighted by Crippen LogP contribution is -2.50. The number of likely N-dealkylation sites (N-methyl/N-ethyl adjacent to an activating group) is 1. The van der Waals surface area contributed by atoms with Gasteiger partial charge < -0.3 is 5.11 Å². The zero-order valence-electron chi connectivity index (χ0n) is 10.2. The minimum atomic E-state index is -3.84. The van der Waals surface area contributed by atoms with Crippen LogP contribution in [-0.4, -0.2) is 36.4 Å². The molecule has 18 heavy (non-hydrogen) atoms. The third-order valence-corrected chi connectivity index (χ3v) is 5.29. The molecule has 0 aliphatic heterocycles. The molecule has 0 radical (unpaired) electrons. The topological polar surface area (TPSA) is 74.7 Å². The van der Waals surface area contributed by atoms with Crippen molar-refractivity contribution in [3.05, 3.63) is 28.7 Å². The second-order valence-electron chi connectivity index (χ2n) is 4.29. The van der Waals surface area contributed by atoms with Gasteiger partial charge in [0, 0.05) is 11.5 Å². The van der Waals surface area contributed by atoms with Crippen LogP contribution in [-0.2, 0) is 14.8 Å². The molecule has 100 valence electrons. The van der Waals surface area contributed by atoms with E-state index in [1.54, 1.807) is 12.1 Å². The predicted molar refractivity (Wildman–Crippen MR) is 70.8 cm³/mol. The van der Waals surface area contributed by atoms with Crippen molar-refractivity contribution >= 4 is 31.9 Å². The molecular weight excluding hydrogens is 322 g/mol. The van der Waals surface area contributed by atoms with E-state index in [1.165, 1.54) is 33.0 Å².